The molecule has 1 aliphatic heterocycles. The number of hydrogen-bond acceptors (Lipinski definition) is 6. The van der Waals surface area contributed by atoms with Crippen LogP contribution in [0.2, 0.25) is 10.0 Å². The lowest BCUT2D eigenvalue weighted by atomic mass is 10.0. The lowest BCUT2D eigenvalue weighted by molar-refractivity contribution is 0.0964. The number of carbonyl (C=O) groups is 1. The van der Waals surface area contributed by atoms with Crippen LogP contribution in [0.1, 0.15) is 47.2 Å². The van der Waals surface area contributed by atoms with Crippen LogP contribution < -0.4 is 16.0 Å². The van der Waals surface area contributed by atoms with Gasteiger partial charge in [0, 0.05) is 23.8 Å². The minimum atomic E-state index is -0.263. The van der Waals surface area contributed by atoms with Crippen molar-refractivity contribution in [3.8, 4) is 0 Å². The molecule has 2 heterocycles. The Kier molecular flexibility index (Phi) is 7.60. The molecule has 188 valence electrons. The molecule has 36 heavy (non-hydrogen) atoms. The fourth-order valence-electron chi connectivity index (χ4n) is 5.16. The predicted molar refractivity (Wildman–Crippen MR) is 146 cm³/mol. The van der Waals surface area contributed by atoms with Crippen molar-refractivity contribution in [1.82, 2.24) is 20.2 Å². The molecule has 0 radical (unpaired) electrons. The second-order valence-corrected chi connectivity index (χ2v) is 10.2. The van der Waals surface area contributed by atoms with Crippen LogP contribution in [0.4, 0.5) is 23.1 Å². The summed E-state index contributed by atoms with van der Waals surface area (Å²) in [6, 6.07) is 12.2. The Morgan fingerprint density at radius 2 is 1.78 bits per heavy atom. The van der Waals surface area contributed by atoms with Crippen molar-refractivity contribution >= 4 is 52.3 Å². The molecule has 3 aromatic rings. The second kappa shape index (κ2) is 11.0. The van der Waals surface area contributed by atoms with Crippen LogP contribution in [0.5, 0.6) is 0 Å². The molecule has 1 atom stereocenters. The van der Waals surface area contributed by atoms with Gasteiger partial charge >= 0.3 is 0 Å². The summed E-state index contributed by atoms with van der Waals surface area (Å²) in [5.74, 6) is 0.547. The number of hydrogen-bond donors (Lipinski definition) is 3. The van der Waals surface area contributed by atoms with E-state index >= 15 is 0 Å². The summed E-state index contributed by atoms with van der Waals surface area (Å²) in [5.41, 5.74) is 4.71. The number of halogens is 2. The Bertz CT molecular complexity index is 1260. The molecule has 1 aromatic heterocycles. The lowest BCUT2D eigenvalue weighted by Gasteiger charge is -2.25. The van der Waals surface area contributed by atoms with Crippen LogP contribution in [0, 0.1) is 0 Å². The van der Waals surface area contributed by atoms with Crippen LogP contribution in [0.25, 0.3) is 0 Å². The van der Waals surface area contributed by atoms with Crippen molar-refractivity contribution in [1.29, 1.82) is 0 Å². The van der Waals surface area contributed by atoms with E-state index in [0.29, 0.717) is 39.1 Å². The third-order valence-corrected chi connectivity index (χ3v) is 7.58. The Morgan fingerprint density at radius 1 is 1.00 bits per heavy atom. The van der Waals surface area contributed by atoms with E-state index in [9.17, 15) is 4.79 Å². The zero-order chi connectivity index (χ0) is 25.1. The standard InChI is InChI=1S/C27H30Cl2N6O/c1-30-26(36)22-15-19(28)7-11-24(22)33-25-23(29)16-31-27(34-25)32-20-8-4-17-5-9-21(10-6-18(17)14-20)35-12-2-3-13-35/h4,7-8,11,14-16,21H,2-3,5-6,9-10,12-13H2,1H3,(H,30,36)(H2,31,32,33,34). The van der Waals surface area contributed by atoms with E-state index in [1.165, 1.54) is 49.9 Å². The van der Waals surface area contributed by atoms with Gasteiger partial charge in [0.1, 0.15) is 5.02 Å². The Hall–Kier alpha value is -2.87. The van der Waals surface area contributed by atoms with Gasteiger partial charge in [0.05, 0.1) is 17.4 Å². The molecule has 0 bridgehead atoms. The average molecular weight is 525 g/mol. The third kappa shape index (κ3) is 5.59. The molecule has 2 aromatic carbocycles. The fourth-order valence-corrected chi connectivity index (χ4v) is 5.47. The minimum absolute atomic E-state index is 0.263. The number of fused-ring (bicyclic) bond motifs is 1. The number of rotatable bonds is 6. The maximum absolute atomic E-state index is 12.3. The molecule has 2 aliphatic rings. The summed E-state index contributed by atoms with van der Waals surface area (Å²) < 4.78 is 0. The number of carbonyl (C=O) groups excluding carboxylic acids is 1. The molecule has 1 saturated heterocycles. The van der Waals surface area contributed by atoms with Crippen molar-refractivity contribution in [2.75, 3.05) is 30.8 Å². The molecule has 1 aliphatic carbocycles. The first-order valence-corrected chi connectivity index (χ1v) is 13.2. The highest BCUT2D eigenvalue weighted by atomic mass is 35.5. The summed E-state index contributed by atoms with van der Waals surface area (Å²) in [4.78, 5) is 23.9. The van der Waals surface area contributed by atoms with Crippen LogP contribution in [0.15, 0.2) is 42.6 Å². The predicted octanol–water partition coefficient (Wildman–Crippen LogP) is 5.97. The topological polar surface area (TPSA) is 82.2 Å². The van der Waals surface area contributed by atoms with Gasteiger partial charge in [-0.25, -0.2) is 4.98 Å². The minimum Gasteiger partial charge on any atom is -0.355 e. The van der Waals surface area contributed by atoms with Gasteiger partial charge in [-0.15, -0.1) is 0 Å². The van der Waals surface area contributed by atoms with E-state index in [1.807, 2.05) is 0 Å². The number of amides is 1. The zero-order valence-corrected chi connectivity index (χ0v) is 21.8. The quantitative estimate of drug-likeness (QED) is 0.344. The normalized spacial score (nSPS) is 17.8. The summed E-state index contributed by atoms with van der Waals surface area (Å²) >= 11 is 12.5. The first-order chi connectivity index (χ1) is 17.5. The average Bonchev–Trinajstić information content (AvgIpc) is 3.34. The molecule has 3 N–H and O–H groups in total. The highest BCUT2D eigenvalue weighted by Crippen LogP contribution is 2.31. The number of benzene rings is 2. The summed E-state index contributed by atoms with van der Waals surface area (Å²) in [7, 11) is 1.57. The van der Waals surface area contributed by atoms with Crippen LogP contribution in [0.3, 0.4) is 0 Å². The number of aromatic nitrogens is 2. The first kappa shape index (κ1) is 24.8. The third-order valence-electron chi connectivity index (χ3n) is 7.06. The largest absolute Gasteiger partial charge is 0.355 e. The molecule has 9 heteroatoms. The van der Waals surface area contributed by atoms with Gasteiger partial charge in [0.15, 0.2) is 5.82 Å². The second-order valence-electron chi connectivity index (χ2n) is 9.37. The number of likely N-dealkylation sites (tertiary alicyclic amines) is 1. The maximum atomic E-state index is 12.3. The van der Waals surface area contributed by atoms with Gasteiger partial charge in [-0.05, 0) is 93.1 Å². The van der Waals surface area contributed by atoms with Gasteiger partial charge in [-0.1, -0.05) is 29.3 Å². The smallest absolute Gasteiger partial charge is 0.253 e. The molecule has 1 amide bonds. The van der Waals surface area contributed by atoms with E-state index in [0.717, 1.165) is 18.5 Å². The fraction of sp³-hybridized carbons (Fsp3) is 0.370. The zero-order valence-electron chi connectivity index (χ0n) is 20.3. The van der Waals surface area contributed by atoms with E-state index in [4.69, 9.17) is 23.2 Å². The molecule has 0 spiro atoms. The van der Waals surface area contributed by atoms with E-state index < -0.39 is 0 Å². The van der Waals surface area contributed by atoms with E-state index in [1.54, 1.807) is 31.4 Å². The number of aryl methyl sites for hydroxylation is 2. The molecule has 1 fully saturated rings. The Labute approximate surface area is 221 Å². The highest BCUT2D eigenvalue weighted by molar-refractivity contribution is 6.33. The van der Waals surface area contributed by atoms with Gasteiger partial charge in [-0.2, -0.15) is 4.98 Å². The van der Waals surface area contributed by atoms with Gasteiger partial charge in [0.25, 0.3) is 5.91 Å². The number of anilines is 4. The molecule has 5 rings (SSSR count). The summed E-state index contributed by atoms with van der Waals surface area (Å²) in [6.45, 7) is 2.50. The summed E-state index contributed by atoms with van der Waals surface area (Å²) in [6.07, 6.45) is 8.85. The Balaban J connectivity index is 1.32. The molecule has 7 nitrogen and oxygen atoms in total. The van der Waals surface area contributed by atoms with Gasteiger partial charge in [0.2, 0.25) is 5.95 Å². The molecule has 1 unspecified atom stereocenters. The number of nitrogens with zero attached hydrogens (tertiary/aromatic N) is 3. The van der Waals surface area contributed by atoms with Crippen LogP contribution >= 0.6 is 23.2 Å². The highest BCUT2D eigenvalue weighted by Gasteiger charge is 2.24. The van der Waals surface area contributed by atoms with Crippen molar-refractivity contribution < 1.29 is 4.79 Å². The van der Waals surface area contributed by atoms with Gasteiger partial charge < -0.3 is 20.9 Å². The van der Waals surface area contributed by atoms with E-state index in [2.05, 4.69) is 49.0 Å². The van der Waals surface area contributed by atoms with Crippen molar-refractivity contribution in [2.45, 2.75) is 44.6 Å². The monoisotopic (exact) mass is 524 g/mol. The summed E-state index contributed by atoms with van der Waals surface area (Å²) in [5, 5.41) is 9.90. The molecule has 0 saturated carbocycles. The number of nitrogens with one attached hydrogen (secondary N) is 3. The van der Waals surface area contributed by atoms with Crippen molar-refractivity contribution in [3.05, 3.63) is 69.3 Å². The van der Waals surface area contributed by atoms with Crippen LogP contribution in [-0.2, 0) is 12.8 Å². The van der Waals surface area contributed by atoms with Crippen LogP contribution in [-0.4, -0.2) is 47.0 Å². The van der Waals surface area contributed by atoms with Gasteiger partial charge in [-0.3, -0.25) is 4.79 Å². The molecular weight excluding hydrogens is 495 g/mol. The molecular formula is C27H30Cl2N6O. The Morgan fingerprint density at radius 3 is 2.56 bits per heavy atom. The van der Waals surface area contributed by atoms with Crippen molar-refractivity contribution in [3.63, 3.8) is 0 Å². The van der Waals surface area contributed by atoms with Crippen molar-refractivity contribution in [2.24, 2.45) is 0 Å². The lowest BCUT2D eigenvalue weighted by Crippen LogP contribution is -2.32. The van der Waals surface area contributed by atoms with E-state index in [-0.39, 0.29) is 5.91 Å². The maximum Gasteiger partial charge on any atom is 0.253 e. The SMILES string of the molecule is CNC(=O)c1cc(Cl)ccc1Nc1nc(Nc2ccc3c(c2)CCC(N2CCCC2)CC3)ncc1Cl. The first-order valence-electron chi connectivity index (χ1n) is 12.4.